The van der Waals surface area contributed by atoms with Crippen LogP contribution in [0.3, 0.4) is 0 Å². The molecule has 0 aliphatic carbocycles. The van der Waals surface area contributed by atoms with Crippen molar-refractivity contribution < 1.29 is 14.0 Å². The van der Waals surface area contributed by atoms with E-state index in [2.05, 4.69) is 10.3 Å². The van der Waals surface area contributed by atoms with E-state index in [0.717, 1.165) is 11.0 Å². The van der Waals surface area contributed by atoms with Crippen LogP contribution in [0.1, 0.15) is 27.6 Å². The fraction of sp³-hybridized carbons (Fsp3) is 0.0500. The Morgan fingerprint density at radius 1 is 1.04 bits per heavy atom. The minimum Gasteiger partial charge on any atom is -0.454 e. The summed E-state index contributed by atoms with van der Waals surface area (Å²) in [4.78, 5) is 28.1. The molecule has 0 saturated carbocycles. The molecule has 0 atom stereocenters. The van der Waals surface area contributed by atoms with E-state index in [4.69, 9.17) is 4.42 Å². The van der Waals surface area contributed by atoms with E-state index in [1.54, 1.807) is 24.3 Å². The van der Waals surface area contributed by atoms with Crippen molar-refractivity contribution in [2.45, 2.75) is 6.92 Å². The first-order valence-corrected chi connectivity index (χ1v) is 8.85. The molecule has 2 aromatic heterocycles. The van der Waals surface area contributed by atoms with Gasteiger partial charge in [0.15, 0.2) is 16.7 Å². The largest absolute Gasteiger partial charge is 0.454 e. The number of para-hydroxylation sites is 1. The van der Waals surface area contributed by atoms with E-state index >= 15 is 0 Å². The van der Waals surface area contributed by atoms with Crippen molar-refractivity contribution in [3.63, 3.8) is 0 Å². The number of hydrogen-bond donors (Lipinski definition) is 1. The van der Waals surface area contributed by atoms with Crippen molar-refractivity contribution in [3.8, 4) is 11.5 Å². The van der Waals surface area contributed by atoms with Crippen molar-refractivity contribution in [1.82, 2.24) is 4.98 Å². The Morgan fingerprint density at radius 2 is 1.77 bits per heavy atom. The van der Waals surface area contributed by atoms with Gasteiger partial charge in [-0.3, -0.25) is 14.9 Å². The number of rotatable bonds is 4. The summed E-state index contributed by atoms with van der Waals surface area (Å²) in [7, 11) is 0. The second kappa shape index (κ2) is 6.57. The number of amides is 1. The fourth-order valence-corrected chi connectivity index (χ4v) is 3.27. The number of hydrogen-bond acceptors (Lipinski definition) is 5. The molecule has 0 unspecified atom stereocenters. The number of nitrogens with one attached hydrogen (secondary N) is 1. The molecule has 6 heteroatoms. The number of thiazole rings is 1. The molecule has 5 nitrogen and oxygen atoms in total. The molecule has 26 heavy (non-hydrogen) atoms. The molecule has 1 N–H and O–H groups in total. The zero-order valence-corrected chi connectivity index (χ0v) is 14.7. The molecule has 0 aliphatic rings. The van der Waals surface area contributed by atoms with Crippen LogP contribution in [0.25, 0.3) is 22.4 Å². The quantitative estimate of drug-likeness (QED) is 0.518. The van der Waals surface area contributed by atoms with Gasteiger partial charge in [0, 0.05) is 21.9 Å². The molecule has 4 aromatic rings. The number of furan rings is 1. The van der Waals surface area contributed by atoms with Gasteiger partial charge in [-0.05, 0) is 31.2 Å². The summed E-state index contributed by atoms with van der Waals surface area (Å²) in [6.07, 6.45) is 0. The topological polar surface area (TPSA) is 72.2 Å². The van der Waals surface area contributed by atoms with Gasteiger partial charge in [0.2, 0.25) is 0 Å². The van der Waals surface area contributed by atoms with Crippen LogP contribution in [0.15, 0.2) is 64.4 Å². The molecule has 0 aliphatic heterocycles. The fourth-order valence-electron chi connectivity index (χ4n) is 2.58. The minimum atomic E-state index is -0.273. The van der Waals surface area contributed by atoms with Crippen LogP contribution < -0.4 is 5.32 Å². The summed E-state index contributed by atoms with van der Waals surface area (Å²) in [5.41, 5.74) is 2.51. The number of aromatic nitrogens is 1. The molecule has 0 saturated heterocycles. The lowest BCUT2D eigenvalue weighted by molar-refractivity contribution is 0.100. The summed E-state index contributed by atoms with van der Waals surface area (Å²) < 4.78 is 5.79. The number of ketones is 1. The van der Waals surface area contributed by atoms with Crippen molar-refractivity contribution in [2.24, 2.45) is 0 Å². The molecule has 2 heterocycles. The lowest BCUT2D eigenvalue weighted by Gasteiger charge is -2.02. The third-order valence-electron chi connectivity index (χ3n) is 3.96. The van der Waals surface area contributed by atoms with Gasteiger partial charge in [0.05, 0.1) is 0 Å². The Balaban J connectivity index is 1.52. The van der Waals surface area contributed by atoms with E-state index in [0.29, 0.717) is 27.7 Å². The van der Waals surface area contributed by atoms with E-state index in [9.17, 15) is 9.59 Å². The van der Waals surface area contributed by atoms with Crippen LogP contribution in [-0.4, -0.2) is 16.7 Å². The number of Topliss-reactive ketones (excluding diaryl/α,β-unsaturated/α-hetero) is 1. The average molecular weight is 362 g/mol. The van der Waals surface area contributed by atoms with Gasteiger partial charge in [0.25, 0.3) is 5.91 Å². The van der Waals surface area contributed by atoms with Gasteiger partial charge < -0.3 is 4.42 Å². The van der Waals surface area contributed by atoms with Crippen molar-refractivity contribution in [1.29, 1.82) is 0 Å². The molecule has 0 fully saturated rings. The standard InChI is InChI=1S/C20H14N2O3S/c1-12(23)13-6-8-14(9-7-13)19(24)22-20-21-16(11-26-20)18-10-15-4-2-3-5-17(15)25-18/h2-11H,1H3,(H,21,22,24). The molecule has 1 amide bonds. The maximum atomic E-state index is 12.3. The summed E-state index contributed by atoms with van der Waals surface area (Å²) in [5.74, 6) is 0.353. The maximum Gasteiger partial charge on any atom is 0.257 e. The summed E-state index contributed by atoms with van der Waals surface area (Å²) in [6, 6.07) is 16.2. The van der Waals surface area contributed by atoms with Crippen molar-refractivity contribution >= 4 is 39.1 Å². The molecular formula is C20H14N2O3S. The number of fused-ring (bicyclic) bond motifs is 1. The molecule has 0 bridgehead atoms. The minimum absolute atomic E-state index is 0.0349. The zero-order valence-electron chi connectivity index (χ0n) is 13.9. The van der Waals surface area contributed by atoms with Crippen LogP contribution in [0, 0.1) is 0 Å². The Bertz CT molecular complexity index is 1080. The third-order valence-corrected chi connectivity index (χ3v) is 4.71. The SMILES string of the molecule is CC(=O)c1ccc(C(=O)Nc2nc(-c3cc4ccccc4o3)cs2)cc1. The van der Waals surface area contributed by atoms with E-state index in [-0.39, 0.29) is 11.7 Å². The number of anilines is 1. The lowest BCUT2D eigenvalue weighted by Crippen LogP contribution is -2.11. The Morgan fingerprint density at radius 3 is 2.50 bits per heavy atom. The molecular weight excluding hydrogens is 348 g/mol. The average Bonchev–Trinajstić information content (AvgIpc) is 3.28. The smallest absolute Gasteiger partial charge is 0.257 e. The van der Waals surface area contributed by atoms with Crippen molar-refractivity contribution in [2.75, 3.05) is 5.32 Å². The number of carbonyl (C=O) groups excluding carboxylic acids is 2. The van der Waals surface area contributed by atoms with Crippen LogP contribution in [0.2, 0.25) is 0 Å². The lowest BCUT2D eigenvalue weighted by atomic mass is 10.1. The number of carbonyl (C=O) groups is 2. The molecule has 4 rings (SSSR count). The highest BCUT2D eigenvalue weighted by Gasteiger charge is 2.13. The van der Waals surface area contributed by atoms with Crippen LogP contribution >= 0.6 is 11.3 Å². The summed E-state index contributed by atoms with van der Waals surface area (Å²) in [6.45, 7) is 1.49. The zero-order chi connectivity index (χ0) is 18.1. The normalized spacial score (nSPS) is 10.8. The van der Waals surface area contributed by atoms with Gasteiger partial charge in [-0.15, -0.1) is 11.3 Å². The Labute approximate surface area is 153 Å². The van der Waals surface area contributed by atoms with E-state index in [1.165, 1.54) is 18.3 Å². The van der Waals surface area contributed by atoms with Crippen molar-refractivity contribution in [3.05, 3.63) is 71.1 Å². The van der Waals surface area contributed by atoms with Gasteiger partial charge >= 0.3 is 0 Å². The highest BCUT2D eigenvalue weighted by Crippen LogP contribution is 2.30. The monoisotopic (exact) mass is 362 g/mol. The van der Waals surface area contributed by atoms with Gasteiger partial charge in [-0.1, -0.05) is 30.3 Å². The third kappa shape index (κ3) is 3.14. The van der Waals surface area contributed by atoms with Gasteiger partial charge in [0.1, 0.15) is 11.3 Å². The maximum absolute atomic E-state index is 12.3. The van der Waals surface area contributed by atoms with Crippen LogP contribution in [-0.2, 0) is 0 Å². The van der Waals surface area contributed by atoms with Crippen LogP contribution in [0.5, 0.6) is 0 Å². The first-order valence-electron chi connectivity index (χ1n) is 7.97. The Hall–Kier alpha value is -3.25. The Kier molecular flexibility index (Phi) is 4.10. The highest BCUT2D eigenvalue weighted by molar-refractivity contribution is 7.14. The summed E-state index contributed by atoms with van der Waals surface area (Å²) in [5, 5.41) is 6.11. The molecule has 128 valence electrons. The summed E-state index contributed by atoms with van der Waals surface area (Å²) >= 11 is 1.33. The second-order valence-corrected chi connectivity index (χ2v) is 6.63. The number of benzene rings is 2. The number of nitrogens with zero attached hydrogens (tertiary/aromatic N) is 1. The van der Waals surface area contributed by atoms with Crippen LogP contribution in [0.4, 0.5) is 5.13 Å². The molecule has 0 spiro atoms. The molecule has 0 radical (unpaired) electrons. The first kappa shape index (κ1) is 16.2. The predicted molar refractivity (Wildman–Crippen MR) is 102 cm³/mol. The second-order valence-electron chi connectivity index (χ2n) is 5.77. The van der Waals surface area contributed by atoms with Gasteiger partial charge in [-0.25, -0.2) is 4.98 Å². The highest BCUT2D eigenvalue weighted by atomic mass is 32.1. The predicted octanol–water partition coefficient (Wildman–Crippen LogP) is 5.01. The van der Waals surface area contributed by atoms with Gasteiger partial charge in [-0.2, -0.15) is 0 Å². The molecule has 2 aromatic carbocycles. The van der Waals surface area contributed by atoms with E-state index < -0.39 is 0 Å². The first-order chi connectivity index (χ1) is 12.6. The van der Waals surface area contributed by atoms with E-state index in [1.807, 2.05) is 35.7 Å².